The number of likely N-dealkylation sites (N-methyl/N-ethyl adjacent to an activating group) is 1. The molecule has 8 heteroatoms. The molecular formula is C24H22BrNO6. The van der Waals surface area contributed by atoms with Crippen LogP contribution in [-0.4, -0.2) is 34.2 Å². The average molecular weight is 500 g/mol. The van der Waals surface area contributed by atoms with Gasteiger partial charge in [-0.05, 0) is 44.8 Å². The minimum Gasteiger partial charge on any atom is -0.504 e. The van der Waals surface area contributed by atoms with E-state index in [9.17, 15) is 19.8 Å². The molecule has 1 amide bonds. The summed E-state index contributed by atoms with van der Waals surface area (Å²) in [6.45, 7) is 0.234. The molecule has 2 N–H and O–H groups in total. The molecule has 32 heavy (non-hydrogen) atoms. The van der Waals surface area contributed by atoms with E-state index < -0.39 is 18.1 Å². The molecule has 0 heterocycles. The molecule has 0 saturated carbocycles. The highest BCUT2D eigenvalue weighted by Crippen LogP contribution is 2.39. The number of aliphatic carboxylic acids is 1. The number of hydrogen-bond donors (Lipinski definition) is 2. The molecule has 3 rings (SSSR count). The number of aromatic hydroxyl groups is 1. The molecule has 1 unspecified atom stereocenters. The second-order valence-electron chi connectivity index (χ2n) is 7.02. The van der Waals surface area contributed by atoms with Crippen LogP contribution >= 0.6 is 15.9 Å². The van der Waals surface area contributed by atoms with Gasteiger partial charge in [0.1, 0.15) is 13.2 Å². The molecule has 3 aromatic rings. The van der Waals surface area contributed by atoms with Gasteiger partial charge in [-0.15, -0.1) is 0 Å². The Morgan fingerprint density at radius 3 is 2.06 bits per heavy atom. The number of nitrogens with zero attached hydrogens (tertiary/aromatic N) is 1. The second kappa shape index (κ2) is 10.7. The molecule has 0 aliphatic rings. The third kappa shape index (κ3) is 5.79. The van der Waals surface area contributed by atoms with E-state index in [0.29, 0.717) is 4.47 Å². The molecular weight excluding hydrogens is 478 g/mol. The third-order valence-electron chi connectivity index (χ3n) is 4.70. The highest BCUT2D eigenvalue weighted by molar-refractivity contribution is 9.10. The van der Waals surface area contributed by atoms with Crippen LogP contribution in [0.2, 0.25) is 0 Å². The van der Waals surface area contributed by atoms with Gasteiger partial charge in [0.15, 0.2) is 17.5 Å². The first kappa shape index (κ1) is 23.1. The normalized spacial score (nSPS) is 11.4. The summed E-state index contributed by atoms with van der Waals surface area (Å²) in [6, 6.07) is 19.9. The summed E-state index contributed by atoms with van der Waals surface area (Å²) < 4.78 is 11.3. The Morgan fingerprint density at radius 1 is 0.969 bits per heavy atom. The number of benzene rings is 3. The fraction of sp³-hybridized carbons (Fsp3) is 0.167. The number of phenolic OH excluding ortho intramolecular Hbond substituents is 1. The molecule has 0 fully saturated rings. The topological polar surface area (TPSA) is 96.3 Å². The van der Waals surface area contributed by atoms with Gasteiger partial charge < -0.3 is 19.7 Å². The summed E-state index contributed by atoms with van der Waals surface area (Å²) in [5.41, 5.74) is 1.88. The SMILES string of the molecule is CN(C(=O)OCc1ccccc1)C(C(=O)O)c1cc(O)c(OCc2ccccc2)c(Br)c1. The van der Waals surface area contributed by atoms with E-state index in [1.165, 1.54) is 19.2 Å². The Kier molecular flexibility index (Phi) is 7.72. The molecule has 0 aliphatic carbocycles. The maximum atomic E-state index is 12.5. The molecule has 0 bridgehead atoms. The number of phenols is 1. The minimum absolute atomic E-state index is 0.0115. The Labute approximate surface area is 194 Å². The summed E-state index contributed by atoms with van der Waals surface area (Å²) in [5.74, 6) is -1.34. The average Bonchev–Trinajstić information content (AvgIpc) is 2.78. The lowest BCUT2D eigenvalue weighted by atomic mass is 10.1. The Hall–Kier alpha value is -3.52. The summed E-state index contributed by atoms with van der Waals surface area (Å²) in [6.07, 6.45) is -0.804. The number of amides is 1. The summed E-state index contributed by atoms with van der Waals surface area (Å²) in [5, 5.41) is 20.2. The lowest BCUT2D eigenvalue weighted by Crippen LogP contribution is -2.36. The van der Waals surface area contributed by atoms with Gasteiger partial charge in [0.05, 0.1) is 4.47 Å². The largest absolute Gasteiger partial charge is 0.504 e. The van der Waals surface area contributed by atoms with Crippen LogP contribution in [0, 0.1) is 0 Å². The van der Waals surface area contributed by atoms with E-state index in [-0.39, 0.29) is 30.3 Å². The van der Waals surface area contributed by atoms with Gasteiger partial charge in [0.25, 0.3) is 0 Å². The molecule has 7 nitrogen and oxygen atoms in total. The van der Waals surface area contributed by atoms with Gasteiger partial charge in [-0.3, -0.25) is 4.90 Å². The van der Waals surface area contributed by atoms with Crippen LogP contribution in [0.25, 0.3) is 0 Å². The number of rotatable bonds is 8. The van der Waals surface area contributed by atoms with Crippen LogP contribution in [0.15, 0.2) is 77.3 Å². The Bertz CT molecular complexity index is 1050. The summed E-state index contributed by atoms with van der Waals surface area (Å²) >= 11 is 3.32. The van der Waals surface area contributed by atoms with E-state index in [0.717, 1.165) is 16.0 Å². The fourth-order valence-electron chi connectivity index (χ4n) is 3.09. The number of carbonyl (C=O) groups is 2. The smallest absolute Gasteiger partial charge is 0.410 e. The van der Waals surface area contributed by atoms with Crippen molar-refractivity contribution >= 4 is 28.0 Å². The van der Waals surface area contributed by atoms with Crippen molar-refractivity contribution in [2.75, 3.05) is 7.05 Å². The van der Waals surface area contributed by atoms with Crippen molar-refractivity contribution in [1.82, 2.24) is 4.90 Å². The van der Waals surface area contributed by atoms with E-state index in [4.69, 9.17) is 9.47 Å². The number of carboxylic acids is 1. The van der Waals surface area contributed by atoms with Gasteiger partial charge in [0.2, 0.25) is 0 Å². The molecule has 0 aliphatic heterocycles. The zero-order chi connectivity index (χ0) is 23.1. The first-order valence-electron chi connectivity index (χ1n) is 9.72. The lowest BCUT2D eigenvalue weighted by molar-refractivity contribution is -0.142. The Balaban J connectivity index is 1.75. The molecule has 166 valence electrons. The summed E-state index contributed by atoms with van der Waals surface area (Å²) in [7, 11) is 1.33. The van der Waals surface area contributed by atoms with Crippen LogP contribution in [0.5, 0.6) is 11.5 Å². The highest BCUT2D eigenvalue weighted by Gasteiger charge is 2.31. The third-order valence-corrected chi connectivity index (χ3v) is 5.29. The van der Waals surface area contributed by atoms with Gasteiger partial charge in [-0.25, -0.2) is 9.59 Å². The predicted molar refractivity (Wildman–Crippen MR) is 121 cm³/mol. The zero-order valence-electron chi connectivity index (χ0n) is 17.3. The van der Waals surface area contributed by atoms with Crippen LogP contribution in [0.4, 0.5) is 4.79 Å². The van der Waals surface area contributed by atoms with Crippen molar-refractivity contribution in [2.24, 2.45) is 0 Å². The molecule has 0 aromatic heterocycles. The van der Waals surface area contributed by atoms with Crippen molar-refractivity contribution in [3.8, 4) is 11.5 Å². The minimum atomic E-state index is -1.37. The Morgan fingerprint density at radius 2 is 1.53 bits per heavy atom. The van der Waals surface area contributed by atoms with E-state index in [2.05, 4.69) is 15.9 Å². The van der Waals surface area contributed by atoms with Gasteiger partial charge in [-0.2, -0.15) is 0 Å². The van der Waals surface area contributed by atoms with Crippen LogP contribution in [-0.2, 0) is 22.7 Å². The molecule has 1 atom stereocenters. The van der Waals surface area contributed by atoms with Gasteiger partial charge >= 0.3 is 12.1 Å². The van der Waals surface area contributed by atoms with Gasteiger partial charge in [0, 0.05) is 7.05 Å². The lowest BCUT2D eigenvalue weighted by Gasteiger charge is -2.25. The molecule has 0 spiro atoms. The van der Waals surface area contributed by atoms with E-state index >= 15 is 0 Å². The monoisotopic (exact) mass is 499 g/mol. The fourth-order valence-corrected chi connectivity index (χ4v) is 3.67. The van der Waals surface area contributed by atoms with E-state index in [1.807, 2.05) is 48.5 Å². The second-order valence-corrected chi connectivity index (χ2v) is 7.87. The maximum absolute atomic E-state index is 12.5. The van der Waals surface area contributed by atoms with Crippen LogP contribution < -0.4 is 4.74 Å². The van der Waals surface area contributed by atoms with Crippen molar-refractivity contribution in [3.63, 3.8) is 0 Å². The molecule has 3 aromatic carbocycles. The number of halogens is 1. The zero-order valence-corrected chi connectivity index (χ0v) is 18.9. The number of ether oxygens (including phenoxy) is 2. The first-order chi connectivity index (χ1) is 15.4. The highest BCUT2D eigenvalue weighted by atomic mass is 79.9. The van der Waals surface area contributed by atoms with Crippen molar-refractivity contribution in [1.29, 1.82) is 0 Å². The number of carbonyl (C=O) groups excluding carboxylic acids is 1. The van der Waals surface area contributed by atoms with Gasteiger partial charge in [-0.1, -0.05) is 60.7 Å². The quantitative estimate of drug-likeness (QED) is 0.446. The van der Waals surface area contributed by atoms with Crippen LogP contribution in [0.1, 0.15) is 22.7 Å². The number of carboxylic acid groups (broad SMARTS) is 1. The van der Waals surface area contributed by atoms with Crippen molar-refractivity contribution in [3.05, 3.63) is 94.0 Å². The van der Waals surface area contributed by atoms with Crippen molar-refractivity contribution in [2.45, 2.75) is 19.3 Å². The van der Waals surface area contributed by atoms with Crippen LogP contribution in [0.3, 0.4) is 0 Å². The standard InChI is InChI=1S/C24H22BrNO6/c1-26(24(30)32-15-17-10-6-3-7-11-17)21(23(28)29)18-12-19(25)22(20(27)13-18)31-14-16-8-4-2-5-9-16/h2-13,21,27H,14-15H2,1H3,(H,28,29). The van der Waals surface area contributed by atoms with Crippen molar-refractivity contribution < 1.29 is 29.3 Å². The first-order valence-corrected chi connectivity index (χ1v) is 10.5. The van der Waals surface area contributed by atoms with E-state index in [1.54, 1.807) is 12.1 Å². The predicted octanol–water partition coefficient (Wildman–Crippen LogP) is 5.13. The number of hydrogen-bond acceptors (Lipinski definition) is 5. The molecule has 0 saturated heterocycles. The summed E-state index contributed by atoms with van der Waals surface area (Å²) in [4.78, 5) is 25.4. The molecule has 0 radical (unpaired) electrons. The maximum Gasteiger partial charge on any atom is 0.410 e.